The highest BCUT2D eigenvalue weighted by atomic mass is 16.5. The van der Waals surface area contributed by atoms with Gasteiger partial charge in [-0.2, -0.15) is 0 Å². The molecule has 4 rings (SSSR count). The Balaban J connectivity index is 1.54. The summed E-state index contributed by atoms with van der Waals surface area (Å²) in [7, 11) is 1.61. The van der Waals surface area contributed by atoms with Crippen LogP contribution >= 0.6 is 0 Å². The first-order valence-electron chi connectivity index (χ1n) is 8.45. The van der Waals surface area contributed by atoms with E-state index in [1.165, 1.54) is 16.5 Å². The molecule has 0 bridgehead atoms. The Bertz CT molecular complexity index is 955. The normalized spacial score (nSPS) is 14.4. The quantitative estimate of drug-likeness (QED) is 0.784. The first-order valence-corrected chi connectivity index (χ1v) is 8.45. The van der Waals surface area contributed by atoms with Crippen molar-refractivity contribution in [1.29, 1.82) is 0 Å². The Kier molecular flexibility index (Phi) is 4.02. The summed E-state index contributed by atoms with van der Waals surface area (Å²) in [5.41, 5.74) is 4.35. The molecule has 2 aromatic carbocycles. The maximum Gasteiger partial charge on any atom is 0.254 e. The molecule has 25 heavy (non-hydrogen) atoms. The van der Waals surface area contributed by atoms with Crippen LogP contribution in [0.4, 0.5) is 0 Å². The Morgan fingerprint density at radius 3 is 2.84 bits per heavy atom. The lowest BCUT2D eigenvalue weighted by Crippen LogP contribution is -2.34. The average molecular weight is 332 g/mol. The van der Waals surface area contributed by atoms with Crippen LogP contribution in [0.5, 0.6) is 5.75 Å². The van der Waals surface area contributed by atoms with Crippen molar-refractivity contribution in [3.63, 3.8) is 0 Å². The molecular weight excluding hydrogens is 312 g/mol. The molecule has 2 heterocycles. The highest BCUT2D eigenvalue weighted by Crippen LogP contribution is 2.29. The van der Waals surface area contributed by atoms with Crippen molar-refractivity contribution in [3.05, 3.63) is 71.9 Å². The number of carbonyl (C=O) groups excluding carboxylic acids is 1. The van der Waals surface area contributed by atoms with Gasteiger partial charge in [-0.15, -0.1) is 0 Å². The number of hydrogen-bond donors (Lipinski definition) is 1. The van der Waals surface area contributed by atoms with E-state index in [-0.39, 0.29) is 5.91 Å². The van der Waals surface area contributed by atoms with Gasteiger partial charge < -0.3 is 14.6 Å². The van der Waals surface area contributed by atoms with Gasteiger partial charge >= 0.3 is 0 Å². The predicted molar refractivity (Wildman–Crippen MR) is 99.8 cm³/mol. The van der Waals surface area contributed by atoms with Crippen LogP contribution in [-0.4, -0.2) is 36.0 Å². The maximum absolute atomic E-state index is 12.7. The van der Waals surface area contributed by atoms with Crippen LogP contribution in [0.2, 0.25) is 0 Å². The molecule has 0 unspecified atom stereocenters. The number of nitrogens with one attached hydrogen (secondary N) is 1. The number of hydrogen-bond acceptors (Lipinski definition) is 2. The fraction of sp³-hybridized carbons (Fsp3) is 0.190. The van der Waals surface area contributed by atoms with Crippen LogP contribution in [0.15, 0.2) is 60.8 Å². The van der Waals surface area contributed by atoms with Crippen molar-refractivity contribution < 1.29 is 9.53 Å². The number of rotatable bonds is 3. The number of methoxy groups -OCH3 is 1. The van der Waals surface area contributed by atoms with Crippen molar-refractivity contribution in [3.8, 4) is 5.75 Å². The molecule has 126 valence electrons. The van der Waals surface area contributed by atoms with Crippen LogP contribution in [0.25, 0.3) is 16.5 Å². The van der Waals surface area contributed by atoms with E-state index < -0.39 is 0 Å². The van der Waals surface area contributed by atoms with Gasteiger partial charge in [-0.3, -0.25) is 4.79 Å². The van der Waals surface area contributed by atoms with Crippen LogP contribution in [0.1, 0.15) is 22.3 Å². The zero-order chi connectivity index (χ0) is 17.2. The highest BCUT2D eigenvalue weighted by molar-refractivity contribution is 5.96. The van der Waals surface area contributed by atoms with E-state index in [4.69, 9.17) is 4.74 Å². The molecule has 3 aromatic rings. The van der Waals surface area contributed by atoms with Crippen molar-refractivity contribution >= 4 is 22.4 Å². The molecule has 1 aliphatic rings. The minimum absolute atomic E-state index is 0.0492. The van der Waals surface area contributed by atoms with Crippen LogP contribution in [0, 0.1) is 0 Å². The number of benzene rings is 2. The van der Waals surface area contributed by atoms with Crippen LogP contribution in [0.3, 0.4) is 0 Å². The third-order valence-electron chi connectivity index (χ3n) is 4.75. The van der Waals surface area contributed by atoms with Gasteiger partial charge in [0.2, 0.25) is 0 Å². The Morgan fingerprint density at radius 2 is 2.04 bits per heavy atom. The smallest absolute Gasteiger partial charge is 0.254 e. The molecular formula is C21H20N2O2. The first-order chi connectivity index (χ1) is 12.3. The molecule has 0 saturated carbocycles. The molecule has 1 amide bonds. The average Bonchev–Trinajstić information content (AvgIpc) is 3.12. The zero-order valence-corrected chi connectivity index (χ0v) is 14.2. The summed E-state index contributed by atoms with van der Waals surface area (Å²) < 4.78 is 5.21. The topological polar surface area (TPSA) is 45.3 Å². The lowest BCUT2D eigenvalue weighted by molar-refractivity contribution is 0.0772. The molecule has 0 atom stereocenters. The molecule has 0 aliphatic carbocycles. The molecule has 0 spiro atoms. The van der Waals surface area contributed by atoms with E-state index in [1.54, 1.807) is 13.2 Å². The van der Waals surface area contributed by atoms with Gasteiger partial charge in [0.1, 0.15) is 5.75 Å². The molecule has 4 nitrogen and oxygen atoms in total. The van der Waals surface area contributed by atoms with E-state index in [0.29, 0.717) is 17.9 Å². The monoisotopic (exact) mass is 332 g/mol. The van der Waals surface area contributed by atoms with Crippen molar-refractivity contribution in [2.75, 3.05) is 20.2 Å². The molecule has 0 radical (unpaired) electrons. The minimum atomic E-state index is 0.0492. The fourth-order valence-electron chi connectivity index (χ4n) is 3.37. The van der Waals surface area contributed by atoms with Gasteiger partial charge in [0.05, 0.1) is 7.11 Å². The van der Waals surface area contributed by atoms with Crippen LogP contribution in [-0.2, 0) is 0 Å². The first kappa shape index (κ1) is 15.5. The number of fused-ring (bicyclic) bond motifs is 1. The van der Waals surface area contributed by atoms with Crippen molar-refractivity contribution in [2.45, 2.75) is 6.42 Å². The number of para-hydroxylation sites is 1. The fourth-order valence-corrected chi connectivity index (χ4v) is 3.37. The Hall–Kier alpha value is -3.01. The Labute approximate surface area is 146 Å². The highest BCUT2D eigenvalue weighted by Gasteiger charge is 2.20. The second-order valence-corrected chi connectivity index (χ2v) is 6.21. The lowest BCUT2D eigenvalue weighted by atomic mass is 9.98. The summed E-state index contributed by atoms with van der Waals surface area (Å²) in [4.78, 5) is 17.9. The summed E-state index contributed by atoms with van der Waals surface area (Å²) in [6.07, 6.45) is 5.09. The third-order valence-corrected chi connectivity index (χ3v) is 4.75. The van der Waals surface area contributed by atoms with E-state index >= 15 is 0 Å². The minimum Gasteiger partial charge on any atom is -0.497 e. The molecule has 4 heteroatoms. The number of amides is 1. The second kappa shape index (κ2) is 6.48. The molecule has 0 saturated heterocycles. The molecule has 1 aliphatic heterocycles. The van der Waals surface area contributed by atoms with Crippen LogP contribution < -0.4 is 4.74 Å². The van der Waals surface area contributed by atoms with Gasteiger partial charge in [0, 0.05) is 41.3 Å². The number of aromatic nitrogens is 1. The summed E-state index contributed by atoms with van der Waals surface area (Å²) in [6.45, 7) is 1.35. The van der Waals surface area contributed by atoms with E-state index in [0.717, 1.165) is 18.5 Å². The SMILES string of the molecule is COc1cccc(C(=O)N2CC=C(c3c[nH]c4ccccc34)CC2)c1. The van der Waals surface area contributed by atoms with Gasteiger partial charge in [-0.1, -0.05) is 30.3 Å². The number of nitrogens with zero attached hydrogens (tertiary/aromatic N) is 1. The molecule has 1 aromatic heterocycles. The Morgan fingerprint density at radius 1 is 1.16 bits per heavy atom. The number of carbonyl (C=O) groups is 1. The number of ether oxygens (including phenoxy) is 1. The predicted octanol–water partition coefficient (Wildman–Crippen LogP) is 4.11. The largest absolute Gasteiger partial charge is 0.497 e. The summed E-state index contributed by atoms with van der Waals surface area (Å²) >= 11 is 0. The van der Waals surface area contributed by atoms with E-state index in [1.807, 2.05) is 29.2 Å². The summed E-state index contributed by atoms with van der Waals surface area (Å²) in [6, 6.07) is 15.6. The number of H-pyrrole nitrogens is 1. The standard InChI is InChI=1S/C21H20N2O2/c1-25-17-6-4-5-16(13-17)21(24)23-11-9-15(10-12-23)19-14-22-20-8-3-2-7-18(19)20/h2-9,13-14,22H,10-12H2,1H3. The third kappa shape index (κ3) is 2.91. The van der Waals surface area contributed by atoms with Crippen molar-refractivity contribution in [2.24, 2.45) is 0 Å². The second-order valence-electron chi connectivity index (χ2n) is 6.21. The molecule has 0 fully saturated rings. The van der Waals surface area contributed by atoms with Gasteiger partial charge in [0.15, 0.2) is 0 Å². The van der Waals surface area contributed by atoms with Gasteiger partial charge in [0.25, 0.3) is 5.91 Å². The van der Waals surface area contributed by atoms with Crippen molar-refractivity contribution in [1.82, 2.24) is 9.88 Å². The maximum atomic E-state index is 12.7. The number of aromatic amines is 1. The summed E-state index contributed by atoms with van der Waals surface area (Å²) in [5, 5.41) is 1.24. The van der Waals surface area contributed by atoms with Gasteiger partial charge in [-0.25, -0.2) is 0 Å². The zero-order valence-electron chi connectivity index (χ0n) is 14.2. The van der Waals surface area contributed by atoms with E-state index in [2.05, 4.69) is 35.5 Å². The summed E-state index contributed by atoms with van der Waals surface area (Å²) in [5.74, 6) is 0.756. The van der Waals surface area contributed by atoms with Gasteiger partial charge in [-0.05, 0) is 36.3 Å². The lowest BCUT2D eigenvalue weighted by Gasteiger charge is -2.26. The van der Waals surface area contributed by atoms with E-state index in [9.17, 15) is 4.79 Å². The molecule has 1 N–H and O–H groups in total.